The number of benzene rings is 1. The summed E-state index contributed by atoms with van der Waals surface area (Å²) in [5, 5.41) is 3.73. The van der Waals surface area contributed by atoms with Gasteiger partial charge in [-0.3, -0.25) is 4.79 Å². The summed E-state index contributed by atoms with van der Waals surface area (Å²) in [5.74, 6) is 1.78. The summed E-state index contributed by atoms with van der Waals surface area (Å²) < 4.78 is 15.4. The first kappa shape index (κ1) is 14.9. The van der Waals surface area contributed by atoms with Gasteiger partial charge in [0.2, 0.25) is 0 Å². The molecule has 0 N–H and O–H groups in total. The Hall–Kier alpha value is -2.50. The maximum atomic E-state index is 12.2. The van der Waals surface area contributed by atoms with Crippen molar-refractivity contribution in [2.75, 3.05) is 21.3 Å². The summed E-state index contributed by atoms with van der Waals surface area (Å²) >= 11 is 0. The first-order chi connectivity index (χ1) is 10.0. The lowest BCUT2D eigenvalue weighted by Gasteiger charge is -2.18. The Morgan fingerprint density at radius 2 is 2.05 bits per heavy atom. The third kappa shape index (κ3) is 3.34. The van der Waals surface area contributed by atoms with Crippen molar-refractivity contribution in [2.24, 2.45) is 0 Å². The van der Waals surface area contributed by atoms with Crippen LogP contribution in [-0.4, -0.2) is 37.2 Å². The van der Waals surface area contributed by atoms with Gasteiger partial charge in [-0.05, 0) is 19.1 Å². The molecule has 0 aliphatic heterocycles. The summed E-state index contributed by atoms with van der Waals surface area (Å²) in [4.78, 5) is 13.8. The van der Waals surface area contributed by atoms with Crippen molar-refractivity contribution in [3.63, 3.8) is 0 Å². The van der Waals surface area contributed by atoms with Crippen molar-refractivity contribution in [1.82, 2.24) is 10.1 Å². The van der Waals surface area contributed by atoms with E-state index in [2.05, 4.69) is 5.16 Å². The molecular weight excluding hydrogens is 272 g/mol. The number of methoxy groups -OCH3 is 2. The van der Waals surface area contributed by atoms with Crippen molar-refractivity contribution in [1.29, 1.82) is 0 Å². The lowest BCUT2D eigenvalue weighted by atomic mass is 10.1. The molecule has 1 heterocycles. The Morgan fingerprint density at radius 1 is 1.29 bits per heavy atom. The van der Waals surface area contributed by atoms with Gasteiger partial charge >= 0.3 is 0 Å². The number of aromatic nitrogens is 1. The van der Waals surface area contributed by atoms with Gasteiger partial charge in [-0.25, -0.2) is 0 Å². The van der Waals surface area contributed by atoms with Crippen molar-refractivity contribution in [2.45, 2.75) is 13.5 Å². The number of ether oxygens (including phenoxy) is 2. The average molecular weight is 290 g/mol. The summed E-state index contributed by atoms with van der Waals surface area (Å²) in [5.41, 5.74) is 1.18. The van der Waals surface area contributed by atoms with Crippen molar-refractivity contribution >= 4 is 5.91 Å². The van der Waals surface area contributed by atoms with Crippen LogP contribution in [0, 0.1) is 6.92 Å². The third-order valence-electron chi connectivity index (χ3n) is 3.10. The Morgan fingerprint density at radius 3 is 2.62 bits per heavy atom. The molecule has 1 amide bonds. The van der Waals surface area contributed by atoms with E-state index in [1.807, 2.05) is 12.1 Å². The fourth-order valence-electron chi connectivity index (χ4n) is 1.97. The predicted molar refractivity (Wildman–Crippen MR) is 76.6 cm³/mol. The van der Waals surface area contributed by atoms with Gasteiger partial charge in [0.15, 0.2) is 5.69 Å². The molecule has 112 valence electrons. The maximum Gasteiger partial charge on any atom is 0.276 e. The van der Waals surface area contributed by atoms with E-state index in [1.165, 1.54) is 0 Å². The second-order valence-electron chi connectivity index (χ2n) is 4.66. The molecule has 6 nitrogen and oxygen atoms in total. The highest BCUT2D eigenvalue weighted by Gasteiger charge is 2.17. The van der Waals surface area contributed by atoms with E-state index >= 15 is 0 Å². The third-order valence-corrected chi connectivity index (χ3v) is 3.10. The van der Waals surface area contributed by atoms with Crippen molar-refractivity contribution in [3.05, 3.63) is 41.3 Å². The number of nitrogens with zero attached hydrogens (tertiary/aromatic N) is 2. The molecule has 0 atom stereocenters. The first-order valence-corrected chi connectivity index (χ1v) is 6.45. The lowest BCUT2D eigenvalue weighted by molar-refractivity contribution is 0.0774. The smallest absolute Gasteiger partial charge is 0.276 e. The standard InChI is InChI=1S/C15H18N2O4/c1-10-7-13(16-21-10)15(18)17(2)9-11-5-6-12(19-3)8-14(11)20-4/h5-8H,9H2,1-4H3. The molecule has 6 heteroatoms. The zero-order valence-electron chi connectivity index (χ0n) is 12.5. The van der Waals surface area contributed by atoms with Crippen LogP contribution in [0.1, 0.15) is 21.8 Å². The van der Waals surface area contributed by atoms with Crippen LogP contribution in [0.4, 0.5) is 0 Å². The monoisotopic (exact) mass is 290 g/mol. The van der Waals surface area contributed by atoms with Crippen LogP contribution in [0.25, 0.3) is 0 Å². The topological polar surface area (TPSA) is 64.8 Å². The van der Waals surface area contributed by atoms with Crippen LogP contribution >= 0.6 is 0 Å². The zero-order chi connectivity index (χ0) is 15.4. The summed E-state index contributed by atoms with van der Waals surface area (Å²) in [6, 6.07) is 7.10. The van der Waals surface area contributed by atoms with E-state index < -0.39 is 0 Å². The highest BCUT2D eigenvalue weighted by Crippen LogP contribution is 2.25. The molecule has 21 heavy (non-hydrogen) atoms. The number of amides is 1. The van der Waals surface area contributed by atoms with E-state index in [0.717, 1.165) is 5.56 Å². The van der Waals surface area contributed by atoms with E-state index in [4.69, 9.17) is 14.0 Å². The largest absolute Gasteiger partial charge is 0.497 e. The Bertz CT molecular complexity index is 636. The van der Waals surface area contributed by atoms with Crippen LogP contribution in [0.5, 0.6) is 11.5 Å². The minimum absolute atomic E-state index is 0.204. The molecule has 0 aliphatic rings. The number of aryl methyl sites for hydroxylation is 1. The molecule has 1 aromatic carbocycles. The fourth-order valence-corrected chi connectivity index (χ4v) is 1.97. The predicted octanol–water partition coefficient (Wildman–Crippen LogP) is 2.27. The summed E-state index contributed by atoms with van der Waals surface area (Å²) in [6.07, 6.45) is 0. The molecule has 2 rings (SSSR count). The molecule has 2 aromatic rings. The second-order valence-corrected chi connectivity index (χ2v) is 4.66. The quantitative estimate of drug-likeness (QED) is 0.845. The normalized spacial score (nSPS) is 10.3. The molecule has 0 fully saturated rings. The molecule has 0 spiro atoms. The summed E-state index contributed by atoms with van der Waals surface area (Å²) in [6.45, 7) is 2.15. The van der Waals surface area contributed by atoms with Gasteiger partial charge in [0.25, 0.3) is 5.91 Å². The SMILES string of the molecule is COc1ccc(CN(C)C(=O)c2cc(C)on2)c(OC)c1. The van der Waals surface area contributed by atoms with E-state index in [0.29, 0.717) is 29.5 Å². The van der Waals surface area contributed by atoms with E-state index in [9.17, 15) is 4.79 Å². The molecule has 0 saturated heterocycles. The van der Waals surface area contributed by atoms with Gasteiger partial charge in [-0.15, -0.1) is 0 Å². The maximum absolute atomic E-state index is 12.2. The lowest BCUT2D eigenvalue weighted by Crippen LogP contribution is -2.26. The molecule has 0 unspecified atom stereocenters. The Balaban J connectivity index is 2.15. The highest BCUT2D eigenvalue weighted by molar-refractivity contribution is 5.92. The van der Waals surface area contributed by atoms with Gasteiger partial charge in [0.05, 0.1) is 14.2 Å². The van der Waals surface area contributed by atoms with Gasteiger partial charge in [0.1, 0.15) is 17.3 Å². The average Bonchev–Trinajstić information content (AvgIpc) is 2.93. The van der Waals surface area contributed by atoms with E-state index in [1.54, 1.807) is 45.2 Å². The number of carbonyl (C=O) groups is 1. The number of rotatable bonds is 5. The fraction of sp³-hybridized carbons (Fsp3) is 0.333. The first-order valence-electron chi connectivity index (χ1n) is 6.45. The molecule has 0 bridgehead atoms. The minimum Gasteiger partial charge on any atom is -0.497 e. The van der Waals surface area contributed by atoms with Gasteiger partial charge in [-0.1, -0.05) is 5.16 Å². The van der Waals surface area contributed by atoms with Crippen LogP contribution in [0.3, 0.4) is 0 Å². The van der Waals surface area contributed by atoms with Crippen molar-refractivity contribution in [3.8, 4) is 11.5 Å². The summed E-state index contributed by atoms with van der Waals surface area (Å²) in [7, 11) is 4.88. The van der Waals surface area contributed by atoms with Gasteiger partial charge in [0, 0.05) is 31.3 Å². The van der Waals surface area contributed by atoms with Crippen LogP contribution in [0.15, 0.2) is 28.8 Å². The minimum atomic E-state index is -0.204. The zero-order valence-corrected chi connectivity index (χ0v) is 12.5. The molecule has 0 saturated carbocycles. The van der Waals surface area contributed by atoms with Crippen LogP contribution in [-0.2, 0) is 6.54 Å². The molecule has 0 radical (unpaired) electrons. The van der Waals surface area contributed by atoms with Gasteiger partial charge in [-0.2, -0.15) is 0 Å². The van der Waals surface area contributed by atoms with E-state index in [-0.39, 0.29) is 5.91 Å². The van der Waals surface area contributed by atoms with Crippen LogP contribution < -0.4 is 9.47 Å². The Kier molecular flexibility index (Phi) is 4.47. The van der Waals surface area contributed by atoms with Crippen molar-refractivity contribution < 1.29 is 18.8 Å². The highest BCUT2D eigenvalue weighted by atomic mass is 16.5. The van der Waals surface area contributed by atoms with Crippen LogP contribution in [0.2, 0.25) is 0 Å². The Labute approximate surface area is 123 Å². The molecule has 1 aromatic heterocycles. The molecule has 0 aliphatic carbocycles. The second kappa shape index (κ2) is 6.30. The van der Waals surface area contributed by atoms with Gasteiger partial charge < -0.3 is 18.9 Å². The molecular formula is C15H18N2O4. The number of carbonyl (C=O) groups excluding carboxylic acids is 1. The number of hydrogen-bond donors (Lipinski definition) is 0. The number of hydrogen-bond acceptors (Lipinski definition) is 5.